The van der Waals surface area contributed by atoms with Crippen LogP contribution in [0.2, 0.25) is 5.02 Å². The minimum atomic E-state index is -1.00. The van der Waals surface area contributed by atoms with Gasteiger partial charge < -0.3 is 10.4 Å². The maximum Gasteiger partial charge on any atom is 0.339 e. The molecule has 5 heteroatoms. The molecule has 2 N–H and O–H groups in total. The topological polar surface area (TPSA) is 62.2 Å². The second kappa shape index (κ2) is 5.92. The van der Waals surface area contributed by atoms with Gasteiger partial charge in [-0.25, -0.2) is 9.78 Å². The summed E-state index contributed by atoms with van der Waals surface area (Å²) >= 11 is 5.96. The maximum atomic E-state index is 11.2. The molecule has 1 aromatic carbocycles. The zero-order valence-electron chi connectivity index (χ0n) is 11.2. The second-order valence-corrected chi connectivity index (χ2v) is 5.01. The van der Waals surface area contributed by atoms with Crippen LogP contribution in [0.25, 0.3) is 0 Å². The van der Waals surface area contributed by atoms with Gasteiger partial charge >= 0.3 is 5.97 Å². The Bertz CT molecular complexity index is 644. The molecule has 1 atom stereocenters. The average Bonchev–Trinajstić information content (AvgIpc) is 2.38. The summed E-state index contributed by atoms with van der Waals surface area (Å²) in [4.78, 5) is 15.5. The number of rotatable bonds is 4. The number of aromatic carboxylic acids is 1. The van der Waals surface area contributed by atoms with Gasteiger partial charge in [-0.3, -0.25) is 0 Å². The van der Waals surface area contributed by atoms with Crippen molar-refractivity contribution in [2.45, 2.75) is 19.9 Å². The second-order valence-electron chi connectivity index (χ2n) is 4.57. The quantitative estimate of drug-likeness (QED) is 0.896. The van der Waals surface area contributed by atoms with Gasteiger partial charge in [-0.05, 0) is 43.7 Å². The first-order chi connectivity index (χ1) is 9.47. The Morgan fingerprint density at radius 3 is 2.75 bits per heavy atom. The first kappa shape index (κ1) is 14.3. The Balaban J connectivity index is 2.29. The number of halogens is 1. The lowest BCUT2D eigenvalue weighted by atomic mass is 10.1. The Kier molecular flexibility index (Phi) is 4.25. The number of carboxylic acid groups (broad SMARTS) is 1. The van der Waals surface area contributed by atoms with Gasteiger partial charge in [-0.2, -0.15) is 0 Å². The highest BCUT2D eigenvalue weighted by atomic mass is 35.5. The van der Waals surface area contributed by atoms with E-state index in [9.17, 15) is 9.90 Å². The van der Waals surface area contributed by atoms with E-state index in [1.807, 2.05) is 32.0 Å². The lowest BCUT2D eigenvalue weighted by molar-refractivity contribution is 0.0697. The molecule has 1 heterocycles. The molecular formula is C15H15ClN2O2. The Hall–Kier alpha value is -2.07. The predicted octanol–water partition coefficient (Wildman–Crippen LogP) is 3.91. The fourth-order valence-corrected chi connectivity index (χ4v) is 2.10. The van der Waals surface area contributed by atoms with E-state index in [2.05, 4.69) is 10.3 Å². The van der Waals surface area contributed by atoms with Gasteiger partial charge in [0.1, 0.15) is 11.4 Å². The van der Waals surface area contributed by atoms with Crippen molar-refractivity contribution in [3.8, 4) is 0 Å². The van der Waals surface area contributed by atoms with Crippen molar-refractivity contribution in [2.24, 2.45) is 0 Å². The van der Waals surface area contributed by atoms with Crippen LogP contribution in [0.3, 0.4) is 0 Å². The summed E-state index contributed by atoms with van der Waals surface area (Å²) in [5, 5.41) is 13.0. The van der Waals surface area contributed by atoms with Crippen LogP contribution in [0, 0.1) is 6.92 Å². The number of aryl methyl sites for hydroxylation is 1. The summed E-state index contributed by atoms with van der Waals surface area (Å²) in [5.41, 5.74) is 1.89. The predicted molar refractivity (Wildman–Crippen MR) is 79.4 cm³/mol. The van der Waals surface area contributed by atoms with Crippen molar-refractivity contribution in [1.82, 2.24) is 4.98 Å². The van der Waals surface area contributed by atoms with Gasteiger partial charge in [0.15, 0.2) is 0 Å². The van der Waals surface area contributed by atoms with Crippen molar-refractivity contribution in [1.29, 1.82) is 0 Å². The first-order valence-electron chi connectivity index (χ1n) is 6.20. The van der Waals surface area contributed by atoms with E-state index in [1.165, 1.54) is 0 Å². The molecule has 0 aliphatic carbocycles. The lowest BCUT2D eigenvalue weighted by Gasteiger charge is -2.17. The highest BCUT2D eigenvalue weighted by Gasteiger charge is 2.14. The normalized spacial score (nSPS) is 11.9. The van der Waals surface area contributed by atoms with Crippen molar-refractivity contribution >= 4 is 23.4 Å². The van der Waals surface area contributed by atoms with Crippen molar-refractivity contribution in [3.05, 3.63) is 58.2 Å². The molecule has 2 rings (SSSR count). The maximum absolute atomic E-state index is 11.2. The molecule has 0 radical (unpaired) electrons. The molecule has 1 aromatic heterocycles. The zero-order valence-corrected chi connectivity index (χ0v) is 12.0. The van der Waals surface area contributed by atoms with Gasteiger partial charge in [0.05, 0.1) is 6.04 Å². The van der Waals surface area contributed by atoms with E-state index in [4.69, 9.17) is 11.6 Å². The SMILES string of the molecule is Cc1ccc(C(=O)O)c(NC(C)c2cccc(Cl)c2)n1. The van der Waals surface area contributed by atoms with E-state index in [0.29, 0.717) is 10.8 Å². The average molecular weight is 291 g/mol. The Labute approximate surface area is 122 Å². The molecule has 0 saturated heterocycles. The molecular weight excluding hydrogens is 276 g/mol. The third-order valence-corrected chi connectivity index (χ3v) is 3.20. The number of anilines is 1. The summed E-state index contributed by atoms with van der Waals surface area (Å²) in [5.74, 6) is -0.636. The highest BCUT2D eigenvalue weighted by Crippen LogP contribution is 2.23. The molecule has 0 bridgehead atoms. The molecule has 0 aliphatic heterocycles. The summed E-state index contributed by atoms with van der Waals surface area (Å²) in [6.07, 6.45) is 0. The van der Waals surface area contributed by atoms with Gasteiger partial charge in [-0.15, -0.1) is 0 Å². The van der Waals surface area contributed by atoms with Crippen LogP contribution >= 0.6 is 11.6 Å². The molecule has 0 fully saturated rings. The van der Waals surface area contributed by atoms with Crippen LogP contribution < -0.4 is 5.32 Å². The lowest BCUT2D eigenvalue weighted by Crippen LogP contribution is -2.12. The van der Waals surface area contributed by atoms with Crippen LogP contribution in [0.4, 0.5) is 5.82 Å². The number of nitrogens with one attached hydrogen (secondary N) is 1. The summed E-state index contributed by atoms with van der Waals surface area (Å²) in [7, 11) is 0. The zero-order chi connectivity index (χ0) is 14.7. The third kappa shape index (κ3) is 3.27. The molecule has 104 valence electrons. The van der Waals surface area contributed by atoms with Crippen molar-refractivity contribution in [2.75, 3.05) is 5.32 Å². The number of hydrogen-bond acceptors (Lipinski definition) is 3. The largest absolute Gasteiger partial charge is 0.478 e. The molecule has 2 aromatic rings. The van der Waals surface area contributed by atoms with Gasteiger partial charge in [-0.1, -0.05) is 23.7 Å². The van der Waals surface area contributed by atoms with Crippen molar-refractivity contribution < 1.29 is 9.90 Å². The number of pyridine rings is 1. The van der Waals surface area contributed by atoms with E-state index in [1.54, 1.807) is 18.2 Å². The summed E-state index contributed by atoms with van der Waals surface area (Å²) in [6, 6.07) is 10.6. The van der Waals surface area contributed by atoms with Crippen LogP contribution in [0.5, 0.6) is 0 Å². The highest BCUT2D eigenvalue weighted by molar-refractivity contribution is 6.30. The first-order valence-corrected chi connectivity index (χ1v) is 6.58. The van der Waals surface area contributed by atoms with Gasteiger partial charge in [0.2, 0.25) is 0 Å². The van der Waals surface area contributed by atoms with Gasteiger partial charge in [0.25, 0.3) is 0 Å². The number of nitrogens with zero attached hydrogens (tertiary/aromatic N) is 1. The molecule has 0 spiro atoms. The fourth-order valence-electron chi connectivity index (χ4n) is 1.90. The van der Waals surface area contributed by atoms with Crippen molar-refractivity contribution in [3.63, 3.8) is 0 Å². The monoisotopic (exact) mass is 290 g/mol. The van der Waals surface area contributed by atoms with Crippen LogP contribution in [0.1, 0.15) is 34.6 Å². The third-order valence-electron chi connectivity index (χ3n) is 2.97. The smallest absolute Gasteiger partial charge is 0.339 e. The standard InChI is InChI=1S/C15H15ClN2O2/c1-9-6-7-13(15(19)20)14(17-9)18-10(2)11-4-3-5-12(16)8-11/h3-8,10H,1-2H3,(H,17,18)(H,19,20). The Morgan fingerprint density at radius 2 is 2.10 bits per heavy atom. The minimum absolute atomic E-state index is 0.0962. The van der Waals surface area contributed by atoms with E-state index in [0.717, 1.165) is 11.3 Å². The number of benzene rings is 1. The summed E-state index contributed by atoms with van der Waals surface area (Å²) < 4.78 is 0. The molecule has 0 amide bonds. The van der Waals surface area contributed by atoms with E-state index >= 15 is 0 Å². The van der Waals surface area contributed by atoms with E-state index < -0.39 is 5.97 Å². The summed E-state index contributed by atoms with van der Waals surface area (Å²) in [6.45, 7) is 3.75. The number of carbonyl (C=O) groups is 1. The van der Waals surface area contributed by atoms with E-state index in [-0.39, 0.29) is 11.6 Å². The number of aromatic nitrogens is 1. The number of hydrogen-bond donors (Lipinski definition) is 2. The number of carboxylic acids is 1. The van der Waals surface area contributed by atoms with Crippen LogP contribution in [-0.4, -0.2) is 16.1 Å². The molecule has 0 aliphatic rings. The van der Waals surface area contributed by atoms with Crippen LogP contribution in [-0.2, 0) is 0 Å². The fraction of sp³-hybridized carbons (Fsp3) is 0.200. The van der Waals surface area contributed by atoms with Crippen LogP contribution in [0.15, 0.2) is 36.4 Å². The molecule has 20 heavy (non-hydrogen) atoms. The Morgan fingerprint density at radius 1 is 1.35 bits per heavy atom. The van der Waals surface area contributed by atoms with Gasteiger partial charge in [0, 0.05) is 10.7 Å². The molecule has 0 saturated carbocycles. The minimum Gasteiger partial charge on any atom is -0.478 e. The molecule has 1 unspecified atom stereocenters. The molecule has 4 nitrogen and oxygen atoms in total.